The Balaban J connectivity index is 1.97. The first-order chi connectivity index (χ1) is 13.3. The maximum atomic E-state index is 14.2. The highest BCUT2D eigenvalue weighted by Crippen LogP contribution is 2.34. The molecule has 0 radical (unpaired) electrons. The van der Waals surface area contributed by atoms with Gasteiger partial charge in [0.2, 0.25) is 5.82 Å². The molecule has 2 heterocycles. The summed E-state index contributed by atoms with van der Waals surface area (Å²) in [5.41, 5.74) is 0.629. The highest BCUT2D eigenvalue weighted by Gasteiger charge is 2.21. The average Bonchev–Trinajstić information content (AvgIpc) is 3.08. The number of pyridine rings is 1. The molecule has 10 heteroatoms. The number of halogens is 3. The first kappa shape index (κ1) is 19.6. The molecule has 0 bridgehead atoms. The van der Waals surface area contributed by atoms with E-state index < -0.39 is 34.9 Å². The fraction of sp³-hybridized carbons (Fsp3) is 0.167. The number of alkyl carbamates (subject to hydrolysis) is 1. The van der Waals surface area contributed by atoms with E-state index in [-0.39, 0.29) is 12.2 Å². The van der Waals surface area contributed by atoms with Gasteiger partial charge in [0.25, 0.3) is 0 Å². The van der Waals surface area contributed by atoms with Gasteiger partial charge in [-0.25, -0.2) is 23.5 Å². The molecule has 146 valence electrons. The maximum Gasteiger partial charge on any atom is 0.407 e. The summed E-state index contributed by atoms with van der Waals surface area (Å²) in [7, 11) is 1.25. The molecule has 0 spiro atoms. The molecule has 0 saturated heterocycles. The summed E-state index contributed by atoms with van der Waals surface area (Å²) < 4.78 is 46.0. The Morgan fingerprint density at radius 2 is 1.93 bits per heavy atom. The van der Waals surface area contributed by atoms with Crippen LogP contribution in [0, 0.1) is 24.4 Å². The number of nitrogens with one attached hydrogen (secondary N) is 1. The van der Waals surface area contributed by atoms with Gasteiger partial charge < -0.3 is 15.2 Å². The summed E-state index contributed by atoms with van der Waals surface area (Å²) in [4.78, 5) is 20.4. The molecule has 2 aromatic heterocycles. The van der Waals surface area contributed by atoms with Crippen molar-refractivity contribution in [3.8, 4) is 27.6 Å². The largest absolute Gasteiger partial charge is 0.503 e. The van der Waals surface area contributed by atoms with Gasteiger partial charge in [-0.1, -0.05) is 6.07 Å². The third kappa shape index (κ3) is 3.77. The minimum Gasteiger partial charge on any atom is -0.503 e. The number of benzene rings is 1. The van der Waals surface area contributed by atoms with E-state index in [0.29, 0.717) is 27.3 Å². The molecule has 0 aliphatic carbocycles. The van der Waals surface area contributed by atoms with Crippen LogP contribution in [-0.2, 0) is 11.3 Å². The number of carbonyl (C=O) groups excluding carboxylic acids is 1. The maximum absolute atomic E-state index is 14.2. The molecule has 1 amide bonds. The van der Waals surface area contributed by atoms with Crippen LogP contribution in [0.25, 0.3) is 21.8 Å². The fourth-order valence-corrected chi connectivity index (χ4v) is 3.44. The van der Waals surface area contributed by atoms with Crippen molar-refractivity contribution in [3.63, 3.8) is 0 Å². The first-order valence-electron chi connectivity index (χ1n) is 7.94. The van der Waals surface area contributed by atoms with E-state index >= 15 is 0 Å². The van der Waals surface area contributed by atoms with Crippen molar-refractivity contribution in [1.82, 2.24) is 15.3 Å². The number of phenolic OH excluding ortho intramolecular Hbond substituents is 1. The number of amides is 1. The van der Waals surface area contributed by atoms with Gasteiger partial charge in [0.1, 0.15) is 5.01 Å². The molecule has 0 atom stereocenters. The van der Waals surface area contributed by atoms with Gasteiger partial charge in [-0.3, -0.25) is 0 Å². The van der Waals surface area contributed by atoms with Gasteiger partial charge in [-0.05, 0) is 25.1 Å². The van der Waals surface area contributed by atoms with E-state index in [1.807, 2.05) is 0 Å². The molecule has 3 aromatic rings. The van der Waals surface area contributed by atoms with E-state index in [1.54, 1.807) is 19.1 Å². The van der Waals surface area contributed by atoms with Gasteiger partial charge in [0, 0.05) is 5.56 Å². The van der Waals surface area contributed by atoms with Crippen molar-refractivity contribution < 1.29 is 27.8 Å². The molecule has 28 heavy (non-hydrogen) atoms. The Morgan fingerprint density at radius 1 is 1.21 bits per heavy atom. The zero-order chi connectivity index (χ0) is 20.4. The quantitative estimate of drug-likeness (QED) is 0.632. The van der Waals surface area contributed by atoms with Gasteiger partial charge >= 0.3 is 6.09 Å². The summed E-state index contributed by atoms with van der Waals surface area (Å²) in [6.45, 7) is 1.89. The van der Waals surface area contributed by atoms with Gasteiger partial charge in [-0.2, -0.15) is 4.39 Å². The summed E-state index contributed by atoms with van der Waals surface area (Å²) >= 11 is 1.26. The summed E-state index contributed by atoms with van der Waals surface area (Å²) in [6.07, 6.45) is -0.596. The SMILES string of the molecule is COC(=O)NCc1nc(C)c(-c2cccc(-c3cc(F)c(O)c(F)c3F)n2)s1. The predicted octanol–water partition coefficient (Wildman–Crippen LogP) is 4.16. The lowest BCUT2D eigenvalue weighted by Crippen LogP contribution is -2.22. The molecular formula is C18H14F3N3O3S. The molecule has 3 rings (SSSR count). The Hall–Kier alpha value is -3.14. The van der Waals surface area contributed by atoms with E-state index in [1.165, 1.54) is 24.5 Å². The van der Waals surface area contributed by atoms with Gasteiger partial charge in [0.05, 0.1) is 35.6 Å². The van der Waals surface area contributed by atoms with Crippen LogP contribution in [0.4, 0.5) is 18.0 Å². The second kappa shape index (κ2) is 7.85. The molecular weight excluding hydrogens is 395 g/mol. The highest BCUT2D eigenvalue weighted by atomic mass is 32.1. The van der Waals surface area contributed by atoms with Crippen LogP contribution in [0.2, 0.25) is 0 Å². The number of hydrogen-bond acceptors (Lipinski definition) is 6. The number of aromatic nitrogens is 2. The number of phenols is 1. The van der Waals surface area contributed by atoms with Crippen LogP contribution in [0.1, 0.15) is 10.7 Å². The summed E-state index contributed by atoms with van der Waals surface area (Å²) in [5, 5.41) is 12.3. The lowest BCUT2D eigenvalue weighted by atomic mass is 10.1. The minimum atomic E-state index is -1.67. The molecule has 6 nitrogen and oxygen atoms in total. The van der Waals surface area contributed by atoms with Crippen molar-refractivity contribution in [2.24, 2.45) is 0 Å². The molecule has 2 N–H and O–H groups in total. The van der Waals surface area contributed by atoms with Crippen molar-refractivity contribution >= 4 is 17.4 Å². The lowest BCUT2D eigenvalue weighted by molar-refractivity contribution is 0.170. The Morgan fingerprint density at radius 3 is 2.64 bits per heavy atom. The second-order valence-corrected chi connectivity index (χ2v) is 6.74. The number of thiazole rings is 1. The number of hydrogen-bond donors (Lipinski definition) is 2. The van der Waals surface area contributed by atoms with Crippen LogP contribution in [0.3, 0.4) is 0 Å². The molecule has 0 saturated carbocycles. The van der Waals surface area contributed by atoms with Crippen LogP contribution >= 0.6 is 11.3 Å². The monoisotopic (exact) mass is 409 g/mol. The molecule has 0 aliphatic rings. The molecule has 0 aliphatic heterocycles. The van der Waals surface area contributed by atoms with Gasteiger partial charge in [0.15, 0.2) is 17.4 Å². The average molecular weight is 409 g/mol. The second-order valence-electron chi connectivity index (χ2n) is 5.66. The highest BCUT2D eigenvalue weighted by molar-refractivity contribution is 7.15. The van der Waals surface area contributed by atoms with Crippen LogP contribution in [0.5, 0.6) is 5.75 Å². The van der Waals surface area contributed by atoms with Crippen molar-refractivity contribution in [2.45, 2.75) is 13.5 Å². The molecule has 0 unspecified atom stereocenters. The number of carbonyl (C=O) groups is 1. The number of aryl methyl sites for hydroxylation is 1. The number of rotatable bonds is 4. The zero-order valence-electron chi connectivity index (χ0n) is 14.7. The third-order valence-corrected chi connectivity index (χ3v) is 4.98. The number of aromatic hydroxyl groups is 1. The lowest BCUT2D eigenvalue weighted by Gasteiger charge is -2.07. The normalized spacial score (nSPS) is 10.8. The Labute approximate surface area is 161 Å². The Bertz CT molecular complexity index is 1060. The first-order valence-corrected chi connectivity index (χ1v) is 8.75. The van der Waals surface area contributed by atoms with E-state index in [0.717, 1.165) is 0 Å². The van der Waals surface area contributed by atoms with Crippen LogP contribution in [-0.4, -0.2) is 28.3 Å². The summed E-state index contributed by atoms with van der Waals surface area (Å²) in [6, 6.07) is 5.29. The number of ether oxygens (including phenoxy) is 1. The smallest absolute Gasteiger partial charge is 0.407 e. The van der Waals surface area contributed by atoms with Gasteiger partial charge in [-0.15, -0.1) is 11.3 Å². The van der Waals surface area contributed by atoms with E-state index in [9.17, 15) is 23.1 Å². The molecule has 0 fully saturated rings. The van der Waals surface area contributed by atoms with Crippen molar-refractivity contribution in [2.75, 3.05) is 7.11 Å². The Kier molecular flexibility index (Phi) is 5.50. The van der Waals surface area contributed by atoms with Crippen molar-refractivity contribution in [3.05, 3.63) is 52.4 Å². The van der Waals surface area contributed by atoms with Crippen LogP contribution < -0.4 is 5.32 Å². The zero-order valence-corrected chi connectivity index (χ0v) is 15.5. The number of nitrogens with zero attached hydrogens (tertiary/aromatic N) is 2. The minimum absolute atomic E-state index is 0.00478. The van der Waals surface area contributed by atoms with Crippen molar-refractivity contribution in [1.29, 1.82) is 0 Å². The summed E-state index contributed by atoms with van der Waals surface area (Å²) in [5.74, 6) is -5.73. The van der Waals surface area contributed by atoms with E-state index in [2.05, 4.69) is 20.0 Å². The number of methoxy groups -OCH3 is 1. The molecule has 1 aromatic carbocycles. The topological polar surface area (TPSA) is 84.3 Å². The third-order valence-electron chi connectivity index (χ3n) is 3.80. The predicted molar refractivity (Wildman–Crippen MR) is 96.3 cm³/mol. The standard InChI is InChI=1S/C18H14F3N3O3S/c1-8-17(28-13(23-8)7-22-18(26)27-2)12-5-3-4-11(24-12)9-6-10(19)16(25)15(21)14(9)20/h3-6,25H,7H2,1-2H3,(H,22,26). The fourth-order valence-electron chi connectivity index (χ4n) is 2.47. The van der Waals surface area contributed by atoms with Crippen LogP contribution in [0.15, 0.2) is 24.3 Å². The van der Waals surface area contributed by atoms with E-state index in [4.69, 9.17) is 0 Å².